The Hall–Kier alpha value is -1.82. The molecule has 0 atom stereocenters. The van der Waals surface area contributed by atoms with Gasteiger partial charge < -0.3 is 14.8 Å². The van der Waals surface area contributed by atoms with Crippen molar-refractivity contribution in [2.75, 3.05) is 0 Å². The normalized spacial score (nSPS) is 12.4. The van der Waals surface area contributed by atoms with Gasteiger partial charge in [0.2, 0.25) is 0 Å². The van der Waals surface area contributed by atoms with Crippen molar-refractivity contribution in [3.8, 4) is 11.5 Å². The first-order chi connectivity index (χ1) is 13.3. The summed E-state index contributed by atoms with van der Waals surface area (Å²) in [4.78, 5) is 36.3. The van der Waals surface area contributed by atoms with Gasteiger partial charge in [-0.25, -0.2) is 9.13 Å². The number of hydrazone groups is 1. The van der Waals surface area contributed by atoms with E-state index in [2.05, 4.69) is 35.5 Å². The van der Waals surface area contributed by atoms with Gasteiger partial charge >= 0.3 is 15.6 Å². The minimum Gasteiger partial charge on any atom is -0.404 e. The quantitative estimate of drug-likeness (QED) is 0.134. The number of phosphoric ester groups is 2. The molecule has 0 unspecified atom stereocenters. The summed E-state index contributed by atoms with van der Waals surface area (Å²) in [6.45, 7) is 0. The van der Waals surface area contributed by atoms with E-state index in [1.54, 1.807) is 24.3 Å². The second-order valence-electron chi connectivity index (χ2n) is 5.30. The Balaban J connectivity index is 2.66. The Bertz CT molecular complexity index is 1010. The summed E-state index contributed by atoms with van der Waals surface area (Å²) >= 11 is 8.04. The van der Waals surface area contributed by atoms with Crippen molar-refractivity contribution in [2.24, 2.45) is 10.8 Å². The maximum atomic E-state index is 11.2. The third-order valence-corrected chi connectivity index (χ3v) is 4.46. The first-order valence-electron chi connectivity index (χ1n) is 7.37. The van der Waals surface area contributed by atoms with Gasteiger partial charge in [-0.1, -0.05) is 28.1 Å². The fraction of sp³-hybridized carbons (Fsp3) is 0. The number of benzene rings is 2. The molecule has 0 spiro atoms. The van der Waals surface area contributed by atoms with Crippen molar-refractivity contribution < 1.29 is 37.8 Å². The Labute approximate surface area is 178 Å². The maximum Gasteiger partial charge on any atom is 0.524 e. The predicted octanol–water partition coefficient (Wildman–Crippen LogP) is 1.98. The van der Waals surface area contributed by atoms with E-state index in [0.717, 1.165) is 6.07 Å². The van der Waals surface area contributed by atoms with Crippen LogP contribution in [0.1, 0.15) is 11.1 Å². The van der Waals surface area contributed by atoms with Crippen LogP contribution >= 0.6 is 43.8 Å². The topological polar surface area (TPSA) is 184 Å². The van der Waals surface area contributed by atoms with Crippen LogP contribution in [0.4, 0.5) is 0 Å². The number of nitrogens with two attached hydrogens (primary N) is 1. The van der Waals surface area contributed by atoms with Crippen LogP contribution in [0.15, 0.2) is 52.0 Å². The molecule has 0 heterocycles. The number of phosphoric acid groups is 2. The first kappa shape index (κ1) is 23.5. The summed E-state index contributed by atoms with van der Waals surface area (Å²) in [5.74, 6) is -0.838. The van der Waals surface area contributed by atoms with Crippen molar-refractivity contribution in [2.45, 2.75) is 0 Å². The Morgan fingerprint density at radius 3 is 2.00 bits per heavy atom. The van der Waals surface area contributed by atoms with E-state index in [0.29, 0.717) is 10.0 Å². The van der Waals surface area contributed by atoms with Crippen molar-refractivity contribution in [1.82, 2.24) is 5.43 Å². The molecule has 0 fully saturated rings. The molecule has 15 heteroatoms. The van der Waals surface area contributed by atoms with Gasteiger partial charge in [-0.05, 0) is 36.5 Å². The van der Waals surface area contributed by atoms with Crippen LogP contribution < -0.4 is 20.2 Å². The molecule has 0 radical (unpaired) electrons. The molecule has 156 valence electrons. The van der Waals surface area contributed by atoms with Gasteiger partial charge in [-0.2, -0.15) is 5.10 Å². The highest BCUT2D eigenvalue weighted by Crippen LogP contribution is 2.43. The summed E-state index contributed by atoms with van der Waals surface area (Å²) in [6.07, 6.45) is 0. The van der Waals surface area contributed by atoms with Crippen molar-refractivity contribution >= 4 is 54.6 Å². The summed E-state index contributed by atoms with van der Waals surface area (Å²) in [5, 5.41) is 3.90. The van der Waals surface area contributed by atoms with Gasteiger partial charge in [0.1, 0.15) is 11.5 Å². The molecule has 0 aliphatic carbocycles. The number of rotatable bonds is 7. The summed E-state index contributed by atoms with van der Waals surface area (Å²) in [6, 6.07) is 10.0. The van der Waals surface area contributed by atoms with Crippen LogP contribution in [0.25, 0.3) is 0 Å². The molecule has 0 bridgehead atoms. The molecular weight excluding hydrogens is 512 g/mol. The van der Waals surface area contributed by atoms with E-state index >= 15 is 0 Å². The summed E-state index contributed by atoms with van der Waals surface area (Å²) < 4.78 is 32.2. The van der Waals surface area contributed by atoms with Gasteiger partial charge in [0.05, 0.1) is 5.71 Å². The van der Waals surface area contributed by atoms with E-state index in [1.807, 2.05) is 0 Å². The third-order valence-electron chi connectivity index (χ3n) is 2.98. The van der Waals surface area contributed by atoms with Crippen LogP contribution in [0, 0.1) is 0 Å². The minimum absolute atomic E-state index is 0.126. The summed E-state index contributed by atoms with van der Waals surface area (Å²) in [5.41, 5.74) is 8.58. The van der Waals surface area contributed by atoms with E-state index in [1.165, 1.54) is 12.1 Å². The van der Waals surface area contributed by atoms with Crippen LogP contribution in [0.5, 0.6) is 11.5 Å². The van der Waals surface area contributed by atoms with Gasteiger partial charge in [0.15, 0.2) is 5.11 Å². The van der Waals surface area contributed by atoms with Crippen molar-refractivity contribution in [3.63, 3.8) is 0 Å². The fourth-order valence-electron chi connectivity index (χ4n) is 2.13. The molecule has 0 amide bonds. The van der Waals surface area contributed by atoms with Crippen LogP contribution in [-0.2, 0) is 9.13 Å². The maximum absolute atomic E-state index is 11.2. The smallest absolute Gasteiger partial charge is 0.404 e. The molecule has 2 aromatic rings. The Morgan fingerprint density at radius 1 is 1.00 bits per heavy atom. The van der Waals surface area contributed by atoms with E-state index in [4.69, 9.17) is 37.5 Å². The molecule has 0 aliphatic rings. The number of hydrogen-bond acceptors (Lipinski definition) is 6. The van der Waals surface area contributed by atoms with Gasteiger partial charge in [-0.15, -0.1) is 0 Å². The largest absolute Gasteiger partial charge is 0.524 e. The number of nitrogens with zero attached hydrogens (tertiary/aromatic N) is 1. The molecule has 11 nitrogen and oxygen atoms in total. The minimum atomic E-state index is -4.97. The number of halogens is 1. The van der Waals surface area contributed by atoms with Gasteiger partial charge in [0.25, 0.3) is 0 Å². The second kappa shape index (κ2) is 9.33. The van der Waals surface area contributed by atoms with Gasteiger partial charge in [0, 0.05) is 21.7 Å². The van der Waals surface area contributed by atoms with Crippen LogP contribution in [0.3, 0.4) is 0 Å². The number of thiocarbonyl (C=S) groups is 1. The van der Waals surface area contributed by atoms with E-state index in [9.17, 15) is 9.13 Å². The lowest BCUT2D eigenvalue weighted by Crippen LogP contribution is -2.26. The predicted molar refractivity (Wildman–Crippen MR) is 111 cm³/mol. The average Bonchev–Trinajstić information content (AvgIpc) is 2.51. The monoisotopic (exact) mass is 525 g/mol. The molecule has 0 saturated carbocycles. The fourth-order valence-corrected chi connectivity index (χ4v) is 3.34. The van der Waals surface area contributed by atoms with Crippen molar-refractivity contribution in [3.05, 3.63) is 58.1 Å². The number of nitrogens with one attached hydrogen (secondary N) is 1. The lowest BCUT2D eigenvalue weighted by molar-refractivity contribution is 0.280. The zero-order chi connectivity index (χ0) is 21.8. The molecule has 7 N–H and O–H groups in total. The summed E-state index contributed by atoms with van der Waals surface area (Å²) in [7, 11) is -9.95. The first-order valence-corrected chi connectivity index (χ1v) is 11.6. The zero-order valence-corrected chi connectivity index (χ0v) is 18.4. The molecule has 0 aliphatic heterocycles. The van der Waals surface area contributed by atoms with Gasteiger partial charge in [-0.3, -0.25) is 25.0 Å². The molecule has 29 heavy (non-hydrogen) atoms. The lowest BCUT2D eigenvalue weighted by atomic mass is 10.0. The second-order valence-corrected chi connectivity index (χ2v) is 8.99. The van der Waals surface area contributed by atoms with E-state index < -0.39 is 27.1 Å². The van der Waals surface area contributed by atoms with Crippen LogP contribution in [-0.4, -0.2) is 30.4 Å². The molecule has 0 saturated heterocycles. The van der Waals surface area contributed by atoms with E-state index in [-0.39, 0.29) is 16.4 Å². The molecule has 2 rings (SSSR count). The Kier molecular flexibility index (Phi) is 7.55. The number of hydrogen-bond donors (Lipinski definition) is 6. The Morgan fingerprint density at radius 2 is 1.55 bits per heavy atom. The zero-order valence-electron chi connectivity index (χ0n) is 14.2. The molecular formula is C14H14BrN3O8P2S. The third kappa shape index (κ3) is 8.21. The average molecular weight is 526 g/mol. The molecule has 0 aromatic heterocycles. The SMILES string of the molecule is NC(=S)N/N=C(/c1cccc(Br)c1)c1cc(OP(=O)(O)O)cc(OP(=O)(O)O)c1. The lowest BCUT2D eigenvalue weighted by Gasteiger charge is -2.14. The highest BCUT2D eigenvalue weighted by Gasteiger charge is 2.22. The standard InChI is InChI=1S/C14H14BrN3O8P2S/c15-10-3-1-2-8(4-10)13(17-18-14(16)29)9-5-11(25-27(19,20)21)7-12(6-9)26-28(22,23)24/h1-7H,(H3,16,18,29)(H2,19,20,21)(H2,22,23,24)/b17-13-. The highest BCUT2D eigenvalue weighted by molar-refractivity contribution is 9.10. The van der Waals surface area contributed by atoms with Crippen molar-refractivity contribution in [1.29, 1.82) is 0 Å². The highest BCUT2D eigenvalue weighted by atomic mass is 79.9. The molecule has 2 aromatic carbocycles. The van der Waals surface area contributed by atoms with Crippen LogP contribution in [0.2, 0.25) is 0 Å².